The summed E-state index contributed by atoms with van der Waals surface area (Å²) in [6, 6.07) is 39.7. The maximum Gasteiger partial charge on any atom is 0.256 e. The molecule has 0 heterocycles. The number of carbonyl (C=O) groups is 1. The molecule has 0 atom stereocenters. The smallest absolute Gasteiger partial charge is 0.256 e. The van der Waals surface area contributed by atoms with Crippen LogP contribution >= 0.6 is 19.1 Å². The monoisotopic (exact) mass is 478 g/mol. The number of nitrogens with one attached hydrogen (secondary N) is 1. The van der Waals surface area contributed by atoms with Gasteiger partial charge in [0.05, 0.1) is 5.29 Å². The van der Waals surface area contributed by atoms with E-state index >= 15 is 0 Å². The van der Waals surface area contributed by atoms with E-state index < -0.39 is 6.89 Å². The number of carbonyl (C=O) groups excluding carboxylic acids is 1. The fraction of sp³-hybridized carbons (Fsp3) is 0.0345. The quantitative estimate of drug-likeness (QED) is 0.333. The zero-order chi connectivity index (χ0) is 24.0. The van der Waals surface area contributed by atoms with Crippen LogP contribution in [0.3, 0.4) is 0 Å². The van der Waals surface area contributed by atoms with Crippen molar-refractivity contribution in [1.29, 1.82) is 5.26 Å². The summed E-state index contributed by atoms with van der Waals surface area (Å²) in [6.45, 7) is -0.802. The Kier molecular flexibility index (Phi) is 7.18. The number of benzene rings is 4. The van der Waals surface area contributed by atoms with E-state index in [0.717, 1.165) is 21.5 Å². The molecule has 0 saturated carbocycles. The number of aryl methyl sites for hydroxylation is 1. The minimum atomic E-state index is -2.68. The van der Waals surface area contributed by atoms with Gasteiger partial charge in [-0.05, 0) is 41.4 Å². The van der Waals surface area contributed by atoms with Crippen molar-refractivity contribution < 1.29 is 4.79 Å². The van der Waals surface area contributed by atoms with E-state index in [9.17, 15) is 10.1 Å². The predicted molar refractivity (Wildman–Crippen MR) is 147 cm³/mol. The van der Waals surface area contributed by atoms with Gasteiger partial charge in [0, 0.05) is 5.56 Å². The summed E-state index contributed by atoms with van der Waals surface area (Å²) in [7, 11) is 0. The van der Waals surface area contributed by atoms with Crippen LogP contribution in [0.5, 0.6) is 0 Å². The van der Waals surface area contributed by atoms with E-state index in [4.69, 9.17) is 12.2 Å². The Morgan fingerprint density at radius 2 is 1.15 bits per heavy atom. The molecule has 0 spiro atoms. The highest BCUT2D eigenvalue weighted by atomic mass is 32.1. The van der Waals surface area contributed by atoms with Crippen molar-refractivity contribution in [2.24, 2.45) is 0 Å². The summed E-state index contributed by atoms with van der Waals surface area (Å²) in [5.74, 6) is -0.317. The molecule has 4 aromatic carbocycles. The second-order valence-electron chi connectivity index (χ2n) is 7.74. The van der Waals surface area contributed by atoms with Gasteiger partial charge in [0.15, 0.2) is 0 Å². The van der Waals surface area contributed by atoms with E-state index in [1.165, 1.54) is 0 Å². The van der Waals surface area contributed by atoms with Gasteiger partial charge < -0.3 is 5.32 Å². The molecule has 166 valence electrons. The van der Waals surface area contributed by atoms with Crippen LogP contribution < -0.4 is 21.2 Å². The van der Waals surface area contributed by atoms with Gasteiger partial charge in [-0.3, -0.25) is 4.79 Å². The first kappa shape index (κ1) is 23.4. The highest BCUT2D eigenvalue weighted by Gasteiger charge is 2.32. The summed E-state index contributed by atoms with van der Waals surface area (Å²) < 4.78 is 0. The average molecular weight is 479 g/mol. The van der Waals surface area contributed by atoms with E-state index in [1.54, 1.807) is 6.07 Å². The Balaban J connectivity index is 2.02. The van der Waals surface area contributed by atoms with Crippen molar-refractivity contribution in [3.05, 3.63) is 126 Å². The molecule has 3 nitrogen and oxygen atoms in total. The molecule has 0 unspecified atom stereocenters. The normalized spacial score (nSPS) is 10.7. The molecule has 4 aromatic rings. The van der Waals surface area contributed by atoms with E-state index in [0.29, 0.717) is 10.9 Å². The summed E-state index contributed by atoms with van der Waals surface area (Å²) in [5.41, 5.74) is 1.38. The van der Waals surface area contributed by atoms with Crippen LogP contribution in [0, 0.1) is 18.3 Å². The molecular formula is C29H23N2OPS. The fourth-order valence-corrected chi connectivity index (χ4v) is 8.71. The molecule has 0 fully saturated rings. The van der Waals surface area contributed by atoms with Crippen LogP contribution in [0.4, 0.5) is 0 Å². The topological polar surface area (TPSA) is 52.9 Å². The highest BCUT2D eigenvalue weighted by Crippen LogP contribution is 2.46. The van der Waals surface area contributed by atoms with Gasteiger partial charge in [0.25, 0.3) is 5.91 Å². The molecule has 0 aliphatic rings. The molecule has 34 heavy (non-hydrogen) atoms. The Bertz CT molecular complexity index is 1320. The minimum Gasteiger partial charge on any atom is -0.312 e. The maximum atomic E-state index is 13.1. The van der Waals surface area contributed by atoms with E-state index in [1.807, 2.05) is 116 Å². The molecule has 0 bridgehead atoms. The Morgan fingerprint density at radius 1 is 0.735 bits per heavy atom. The third-order valence-electron chi connectivity index (χ3n) is 5.70. The number of amides is 1. The van der Waals surface area contributed by atoms with Crippen molar-refractivity contribution in [3.8, 4) is 6.07 Å². The Morgan fingerprint density at radius 3 is 1.56 bits per heavy atom. The number of thiocarbonyl (C=S) groups is 1. The predicted octanol–water partition coefficient (Wildman–Crippen LogP) is 4.74. The molecule has 0 radical (unpaired) electrons. The van der Waals surface area contributed by atoms with Crippen molar-refractivity contribution in [1.82, 2.24) is 5.32 Å². The number of nitrogens with zero attached hydrogens (tertiary/aromatic N) is 1. The number of hydrogen-bond donors (Lipinski definition) is 1. The fourth-order valence-electron chi connectivity index (χ4n) is 4.12. The lowest BCUT2D eigenvalue weighted by Gasteiger charge is -2.30. The van der Waals surface area contributed by atoms with Gasteiger partial charge in [0.2, 0.25) is 0 Å². The lowest BCUT2D eigenvalue weighted by atomic mass is 10.1. The second-order valence-corrected chi connectivity index (χ2v) is 11.5. The van der Waals surface area contributed by atoms with Crippen LogP contribution in [-0.2, 0) is 0 Å². The second kappa shape index (κ2) is 10.4. The first-order valence-electron chi connectivity index (χ1n) is 10.8. The zero-order valence-corrected chi connectivity index (χ0v) is 20.4. The molecule has 0 saturated heterocycles. The van der Waals surface area contributed by atoms with E-state index in [-0.39, 0.29) is 10.9 Å². The minimum absolute atomic E-state index is 0.153. The molecule has 4 rings (SSSR count). The molecule has 1 amide bonds. The molecule has 5 heteroatoms. The standard InChI is InChI=1S/C29H23N2OPS/c1-22-13-11-12-20-26(22)28(32)31-29(34)27(21-30)33(23-14-5-2-6-15-23,24-16-7-3-8-17-24)25-18-9-4-10-19-25/h2-20H,1H3,(H,31,32,34). The van der Waals surface area contributed by atoms with Crippen LogP contribution in [0.1, 0.15) is 15.9 Å². The van der Waals surface area contributed by atoms with Crippen LogP contribution in [-0.4, -0.2) is 16.2 Å². The Hall–Kier alpha value is -3.77. The van der Waals surface area contributed by atoms with Gasteiger partial charge in [-0.2, -0.15) is 5.26 Å². The van der Waals surface area contributed by atoms with Crippen LogP contribution in [0.15, 0.2) is 115 Å². The van der Waals surface area contributed by atoms with Crippen molar-refractivity contribution in [2.45, 2.75) is 6.92 Å². The summed E-state index contributed by atoms with van der Waals surface area (Å²) >= 11 is 5.78. The van der Waals surface area contributed by atoms with Crippen molar-refractivity contribution in [2.75, 3.05) is 0 Å². The highest BCUT2D eigenvalue weighted by molar-refractivity contribution is 7.99. The van der Waals surface area contributed by atoms with Crippen LogP contribution in [0.2, 0.25) is 0 Å². The first-order chi connectivity index (χ1) is 16.6. The van der Waals surface area contributed by atoms with Gasteiger partial charge in [0.1, 0.15) is 11.1 Å². The van der Waals surface area contributed by atoms with E-state index in [2.05, 4.69) is 11.4 Å². The largest absolute Gasteiger partial charge is 0.312 e. The lowest BCUT2D eigenvalue weighted by molar-refractivity contribution is 0.0978. The summed E-state index contributed by atoms with van der Waals surface area (Å²) in [5, 5.41) is 16.8. The maximum absolute atomic E-state index is 13.1. The molecule has 0 aliphatic carbocycles. The van der Waals surface area contributed by atoms with Gasteiger partial charge in [-0.1, -0.05) is 121 Å². The molecule has 0 aromatic heterocycles. The lowest BCUT2D eigenvalue weighted by Crippen LogP contribution is -2.39. The molecule has 1 N–H and O–H groups in total. The number of rotatable bonds is 5. The first-order valence-corrected chi connectivity index (χ1v) is 13.0. The third kappa shape index (κ3) is 4.37. The zero-order valence-electron chi connectivity index (χ0n) is 18.7. The van der Waals surface area contributed by atoms with Crippen LogP contribution in [0.25, 0.3) is 0 Å². The van der Waals surface area contributed by atoms with Gasteiger partial charge in [-0.15, -0.1) is 0 Å². The number of nitriles is 1. The third-order valence-corrected chi connectivity index (χ3v) is 10.4. The van der Waals surface area contributed by atoms with Gasteiger partial charge >= 0.3 is 0 Å². The van der Waals surface area contributed by atoms with Crippen molar-refractivity contribution in [3.63, 3.8) is 0 Å². The molecule has 0 aliphatic heterocycles. The van der Waals surface area contributed by atoms with Gasteiger partial charge in [-0.25, -0.2) is 0 Å². The summed E-state index contributed by atoms with van der Waals surface area (Å²) in [6.07, 6.45) is 0. The Labute approximate surface area is 205 Å². The number of hydrogen-bond acceptors (Lipinski definition) is 3. The molecular weight excluding hydrogens is 455 g/mol. The average Bonchev–Trinajstić information content (AvgIpc) is 2.89. The van der Waals surface area contributed by atoms with Crippen molar-refractivity contribution >= 4 is 51.2 Å². The SMILES string of the molecule is Cc1ccccc1C(=O)NC(=S)C(C#N)=P(c1ccccc1)(c1ccccc1)c1ccccc1. The summed E-state index contributed by atoms with van der Waals surface area (Å²) in [4.78, 5) is 13.3.